The third kappa shape index (κ3) is 7.93. The Morgan fingerprint density at radius 3 is 2.64 bits per heavy atom. The van der Waals surface area contributed by atoms with Crippen LogP contribution in [-0.2, 0) is 27.8 Å². The van der Waals surface area contributed by atoms with E-state index in [0.717, 1.165) is 53.2 Å². The molecule has 0 bridgehead atoms. The Labute approximate surface area is 266 Å². The predicted molar refractivity (Wildman–Crippen MR) is 174 cm³/mol. The quantitative estimate of drug-likeness (QED) is 0.105. The zero-order valence-corrected chi connectivity index (χ0v) is 26.5. The van der Waals surface area contributed by atoms with Gasteiger partial charge in [0.1, 0.15) is 21.6 Å². The molecule has 240 valence electrons. The first-order chi connectivity index (χ1) is 21.6. The van der Waals surface area contributed by atoms with Gasteiger partial charge in [-0.2, -0.15) is 0 Å². The Kier molecular flexibility index (Phi) is 10.3. The van der Waals surface area contributed by atoms with Gasteiger partial charge in [0.2, 0.25) is 0 Å². The molecule has 1 amide bonds. The van der Waals surface area contributed by atoms with Crippen molar-refractivity contribution in [2.24, 2.45) is 16.5 Å². The van der Waals surface area contributed by atoms with E-state index in [0.29, 0.717) is 25.2 Å². The standard InChI is InChI=1S/C31H38N6O6S2/c32-31(33)34-12-6-9-25(30(39)40)35-29(38)28-24(11-16-44-28)36-45(41,42)26-18-22(17-20-10-15-43-27(20)26)23-8-3-2-7-21(23)19-37-13-4-1-5-14-37/h2-3,7-8,11,16-18,25,36H,1,4-6,9-10,12-15,19H2,(H,35,38)(H,39,40)(H4,32,33,34)/t25-/m0/s1. The molecule has 5 rings (SSSR count). The zero-order valence-electron chi connectivity index (χ0n) is 24.8. The maximum Gasteiger partial charge on any atom is 0.326 e. The molecule has 45 heavy (non-hydrogen) atoms. The van der Waals surface area contributed by atoms with Gasteiger partial charge in [-0.05, 0) is 84.6 Å². The van der Waals surface area contributed by atoms with Crippen molar-refractivity contribution in [1.29, 1.82) is 0 Å². The normalized spacial score (nSPS) is 15.5. The summed E-state index contributed by atoms with van der Waals surface area (Å²) in [6, 6.07) is 11.9. The van der Waals surface area contributed by atoms with Gasteiger partial charge in [0.25, 0.3) is 15.9 Å². The number of sulfonamides is 1. The third-order valence-electron chi connectivity index (χ3n) is 7.87. The highest BCUT2D eigenvalue weighted by molar-refractivity contribution is 7.92. The summed E-state index contributed by atoms with van der Waals surface area (Å²) in [6.45, 7) is 3.43. The highest BCUT2D eigenvalue weighted by Gasteiger charge is 2.30. The molecule has 3 heterocycles. The number of ether oxygens (including phenoxy) is 1. The lowest BCUT2D eigenvalue weighted by Gasteiger charge is -2.27. The number of rotatable bonds is 13. The van der Waals surface area contributed by atoms with Gasteiger partial charge in [-0.3, -0.25) is 19.4 Å². The number of likely N-dealkylation sites (tertiary alicyclic amines) is 1. The van der Waals surface area contributed by atoms with Crippen molar-refractivity contribution >= 4 is 44.9 Å². The monoisotopic (exact) mass is 654 g/mol. The number of nitrogens with zero attached hydrogens (tertiary/aromatic N) is 2. The van der Waals surface area contributed by atoms with Crippen molar-refractivity contribution in [2.75, 3.05) is 31.0 Å². The summed E-state index contributed by atoms with van der Waals surface area (Å²) in [4.78, 5) is 31.2. The summed E-state index contributed by atoms with van der Waals surface area (Å²) in [7, 11) is -4.22. The molecule has 2 aromatic carbocycles. The third-order valence-corrected chi connectivity index (χ3v) is 10.2. The number of amides is 1. The van der Waals surface area contributed by atoms with Gasteiger partial charge in [-0.15, -0.1) is 11.3 Å². The minimum Gasteiger partial charge on any atom is -0.492 e. The smallest absolute Gasteiger partial charge is 0.326 e. The van der Waals surface area contributed by atoms with E-state index in [1.165, 1.54) is 25.3 Å². The van der Waals surface area contributed by atoms with Crippen LogP contribution < -0.4 is 26.2 Å². The number of anilines is 1. The minimum atomic E-state index is -4.22. The molecular weight excluding hydrogens is 617 g/mol. The lowest BCUT2D eigenvalue weighted by Crippen LogP contribution is -2.40. The number of hydrogen-bond donors (Lipinski definition) is 5. The number of benzene rings is 2. The number of carbonyl (C=O) groups excluding carboxylic acids is 1. The molecule has 2 aliphatic rings. The van der Waals surface area contributed by atoms with Crippen LogP contribution in [0.3, 0.4) is 0 Å². The highest BCUT2D eigenvalue weighted by Crippen LogP contribution is 2.39. The molecule has 1 atom stereocenters. The molecule has 1 aromatic heterocycles. The fourth-order valence-corrected chi connectivity index (χ4v) is 7.78. The molecule has 0 aliphatic carbocycles. The van der Waals surface area contributed by atoms with Gasteiger partial charge in [0.15, 0.2) is 5.96 Å². The maximum atomic E-state index is 13.9. The summed E-state index contributed by atoms with van der Waals surface area (Å²) < 4.78 is 36.2. The zero-order chi connectivity index (χ0) is 32.0. The summed E-state index contributed by atoms with van der Waals surface area (Å²) in [5, 5.41) is 13.7. The van der Waals surface area contributed by atoms with Gasteiger partial charge in [0, 0.05) is 19.5 Å². The van der Waals surface area contributed by atoms with E-state index >= 15 is 0 Å². The van der Waals surface area contributed by atoms with Crippen LogP contribution in [0, 0.1) is 0 Å². The van der Waals surface area contributed by atoms with Crippen LogP contribution in [-0.4, -0.2) is 68.5 Å². The van der Waals surface area contributed by atoms with E-state index in [4.69, 9.17) is 16.2 Å². The summed E-state index contributed by atoms with van der Waals surface area (Å²) >= 11 is 1.00. The Morgan fingerprint density at radius 1 is 1.11 bits per heavy atom. The van der Waals surface area contributed by atoms with E-state index in [1.54, 1.807) is 11.4 Å². The Hall–Kier alpha value is -4.14. The van der Waals surface area contributed by atoms with E-state index < -0.39 is 27.9 Å². The molecule has 0 saturated carbocycles. The Bertz CT molecular complexity index is 1680. The van der Waals surface area contributed by atoms with E-state index in [2.05, 4.69) is 26.0 Å². The number of thiophene rings is 1. The van der Waals surface area contributed by atoms with Crippen LogP contribution in [0.2, 0.25) is 0 Å². The number of piperidine rings is 1. The molecule has 12 nitrogen and oxygen atoms in total. The molecule has 7 N–H and O–H groups in total. The first-order valence-electron chi connectivity index (χ1n) is 14.9. The molecule has 0 spiro atoms. The lowest BCUT2D eigenvalue weighted by atomic mass is 9.96. The highest BCUT2D eigenvalue weighted by atomic mass is 32.2. The number of hydrogen-bond acceptors (Lipinski definition) is 8. The van der Waals surface area contributed by atoms with Crippen LogP contribution in [0.5, 0.6) is 5.75 Å². The number of guanidine groups is 1. The topological polar surface area (TPSA) is 189 Å². The van der Waals surface area contributed by atoms with Gasteiger partial charge < -0.3 is 26.6 Å². The number of nitrogens with one attached hydrogen (secondary N) is 2. The molecule has 2 aliphatic heterocycles. The first-order valence-corrected chi connectivity index (χ1v) is 17.3. The van der Waals surface area contributed by atoms with Crippen LogP contribution >= 0.6 is 11.3 Å². The van der Waals surface area contributed by atoms with Crippen molar-refractivity contribution in [2.45, 2.75) is 56.0 Å². The lowest BCUT2D eigenvalue weighted by molar-refractivity contribution is -0.139. The van der Waals surface area contributed by atoms with Gasteiger partial charge in [0.05, 0.1) is 12.3 Å². The second-order valence-electron chi connectivity index (χ2n) is 11.1. The SMILES string of the molecule is NC(N)=NCCC[C@H](NC(=O)c1sccc1NS(=O)(=O)c1cc(-c2ccccc2CN2CCCCC2)cc2c1OCC2)C(=O)O. The number of carbonyl (C=O) groups is 2. The molecule has 0 unspecified atom stereocenters. The van der Waals surface area contributed by atoms with Crippen LogP contribution in [0.15, 0.2) is 57.7 Å². The number of carboxylic acids is 1. The largest absolute Gasteiger partial charge is 0.492 e. The summed E-state index contributed by atoms with van der Waals surface area (Å²) in [6.07, 6.45) is 4.57. The van der Waals surface area contributed by atoms with Crippen molar-refractivity contribution in [3.8, 4) is 16.9 Å². The minimum absolute atomic E-state index is 0.0130. The molecule has 14 heteroatoms. The fraction of sp³-hybridized carbons (Fsp3) is 0.387. The molecule has 1 saturated heterocycles. The van der Waals surface area contributed by atoms with E-state index in [-0.39, 0.29) is 34.4 Å². The van der Waals surface area contributed by atoms with Gasteiger partial charge in [-0.25, -0.2) is 13.2 Å². The van der Waals surface area contributed by atoms with E-state index in [1.807, 2.05) is 24.3 Å². The number of aliphatic carboxylic acids is 1. The Balaban J connectivity index is 1.39. The second-order valence-corrected chi connectivity index (χ2v) is 13.7. The predicted octanol–water partition coefficient (Wildman–Crippen LogP) is 3.37. The van der Waals surface area contributed by atoms with Gasteiger partial charge >= 0.3 is 5.97 Å². The van der Waals surface area contributed by atoms with Crippen LogP contribution in [0.4, 0.5) is 5.69 Å². The average molecular weight is 655 g/mol. The van der Waals surface area contributed by atoms with Crippen molar-refractivity contribution in [3.05, 3.63) is 63.8 Å². The maximum absolute atomic E-state index is 13.9. The number of carboxylic acid groups (broad SMARTS) is 1. The summed E-state index contributed by atoms with van der Waals surface area (Å²) in [5.74, 6) is -1.74. The Morgan fingerprint density at radius 2 is 1.89 bits per heavy atom. The molecule has 0 radical (unpaired) electrons. The van der Waals surface area contributed by atoms with Crippen LogP contribution in [0.1, 0.15) is 52.9 Å². The molecule has 3 aromatic rings. The van der Waals surface area contributed by atoms with E-state index in [9.17, 15) is 23.1 Å². The van der Waals surface area contributed by atoms with Crippen molar-refractivity contribution < 1.29 is 27.9 Å². The number of nitrogens with two attached hydrogens (primary N) is 2. The fourth-order valence-electron chi connectivity index (χ4n) is 5.68. The van der Waals surface area contributed by atoms with Crippen LogP contribution in [0.25, 0.3) is 11.1 Å². The molecule has 1 fully saturated rings. The first kappa shape index (κ1) is 32.3. The summed E-state index contributed by atoms with van der Waals surface area (Å²) in [5.41, 5.74) is 14.3. The number of fused-ring (bicyclic) bond motifs is 1. The van der Waals surface area contributed by atoms with Crippen molar-refractivity contribution in [1.82, 2.24) is 10.2 Å². The molecular formula is C31H38N6O6S2. The number of aliphatic imine (C=N–C) groups is 1. The average Bonchev–Trinajstić information content (AvgIpc) is 3.68. The van der Waals surface area contributed by atoms with Gasteiger partial charge in [-0.1, -0.05) is 30.7 Å². The second kappa shape index (κ2) is 14.3. The van der Waals surface area contributed by atoms with Crippen molar-refractivity contribution in [3.63, 3.8) is 0 Å².